The number of hydrogen-bond donors (Lipinski definition) is 1. The summed E-state index contributed by atoms with van der Waals surface area (Å²) in [4.78, 5) is 27.5. The van der Waals surface area contributed by atoms with Crippen molar-refractivity contribution in [1.29, 1.82) is 0 Å². The number of amides is 2. The lowest BCUT2D eigenvalue weighted by atomic mass is 10.1. The number of carbonyl (C=O) groups excluding carboxylic acids is 2. The molecule has 0 aromatic heterocycles. The fourth-order valence-electron chi connectivity index (χ4n) is 2.09. The van der Waals surface area contributed by atoms with E-state index in [0.29, 0.717) is 16.9 Å². The quantitative estimate of drug-likeness (QED) is 0.755. The van der Waals surface area contributed by atoms with Gasteiger partial charge in [-0.1, -0.05) is 6.07 Å². The molecule has 5 heteroatoms. The topological polar surface area (TPSA) is 66.6 Å². The first-order valence-corrected chi connectivity index (χ1v) is 5.89. The molecule has 0 saturated carbocycles. The van der Waals surface area contributed by atoms with Gasteiger partial charge in [0.25, 0.3) is 5.91 Å². The highest BCUT2D eigenvalue weighted by molar-refractivity contribution is 6.12. The van der Waals surface area contributed by atoms with Crippen molar-refractivity contribution in [2.75, 3.05) is 24.2 Å². The average molecular weight is 247 g/mol. The Balaban J connectivity index is 2.63. The lowest BCUT2D eigenvalue weighted by molar-refractivity contribution is -0.119. The summed E-state index contributed by atoms with van der Waals surface area (Å²) in [6, 6.07) is 5.13. The maximum absolute atomic E-state index is 12.5. The molecule has 1 aliphatic rings. The van der Waals surface area contributed by atoms with E-state index in [4.69, 9.17) is 5.73 Å². The SMILES string of the molecule is CC(C)N1CC(=O)N(C)c2cccc(N)c2C1=O. The lowest BCUT2D eigenvalue weighted by Gasteiger charge is -2.24. The molecule has 18 heavy (non-hydrogen) atoms. The Bertz CT molecular complexity index is 511. The highest BCUT2D eigenvalue weighted by atomic mass is 16.2. The van der Waals surface area contributed by atoms with Crippen LogP contribution >= 0.6 is 0 Å². The average Bonchev–Trinajstić information content (AvgIpc) is 2.41. The predicted octanol–water partition coefficient (Wildman–Crippen LogP) is 1.10. The second kappa shape index (κ2) is 4.33. The molecule has 0 atom stereocenters. The summed E-state index contributed by atoms with van der Waals surface area (Å²) in [5, 5.41) is 0. The lowest BCUT2D eigenvalue weighted by Crippen LogP contribution is -2.41. The van der Waals surface area contributed by atoms with Gasteiger partial charge in [-0.3, -0.25) is 9.59 Å². The molecule has 1 aromatic rings. The summed E-state index contributed by atoms with van der Waals surface area (Å²) < 4.78 is 0. The molecule has 0 unspecified atom stereocenters. The zero-order chi connectivity index (χ0) is 13.4. The van der Waals surface area contributed by atoms with Crippen LogP contribution in [0, 0.1) is 0 Å². The maximum Gasteiger partial charge on any atom is 0.258 e. The van der Waals surface area contributed by atoms with Crippen LogP contribution in [0.2, 0.25) is 0 Å². The molecular weight excluding hydrogens is 230 g/mol. The molecule has 1 heterocycles. The zero-order valence-corrected chi connectivity index (χ0v) is 10.8. The summed E-state index contributed by atoms with van der Waals surface area (Å²) in [6.45, 7) is 3.85. The minimum Gasteiger partial charge on any atom is -0.398 e. The van der Waals surface area contributed by atoms with Gasteiger partial charge in [0.15, 0.2) is 0 Å². The van der Waals surface area contributed by atoms with Crippen LogP contribution in [0.1, 0.15) is 24.2 Å². The van der Waals surface area contributed by atoms with Gasteiger partial charge in [-0.25, -0.2) is 0 Å². The molecule has 1 aromatic carbocycles. The Hall–Kier alpha value is -2.04. The van der Waals surface area contributed by atoms with Gasteiger partial charge in [-0.15, -0.1) is 0 Å². The van der Waals surface area contributed by atoms with Gasteiger partial charge in [0.1, 0.15) is 6.54 Å². The van der Waals surface area contributed by atoms with Gasteiger partial charge in [0, 0.05) is 18.8 Å². The number of nitrogens with zero attached hydrogens (tertiary/aromatic N) is 2. The van der Waals surface area contributed by atoms with Crippen molar-refractivity contribution >= 4 is 23.2 Å². The number of anilines is 2. The smallest absolute Gasteiger partial charge is 0.258 e. The van der Waals surface area contributed by atoms with Gasteiger partial charge in [0.05, 0.1) is 11.3 Å². The number of nitrogens with two attached hydrogens (primary N) is 1. The number of nitrogen functional groups attached to an aromatic ring is 1. The Morgan fingerprint density at radius 3 is 2.56 bits per heavy atom. The van der Waals surface area contributed by atoms with Crippen LogP contribution in [0.4, 0.5) is 11.4 Å². The van der Waals surface area contributed by atoms with Gasteiger partial charge >= 0.3 is 0 Å². The van der Waals surface area contributed by atoms with Gasteiger partial charge < -0.3 is 15.5 Å². The summed E-state index contributed by atoms with van der Waals surface area (Å²) in [5.74, 6) is -0.294. The predicted molar refractivity (Wildman–Crippen MR) is 70.4 cm³/mol. The second-order valence-corrected chi connectivity index (χ2v) is 4.72. The summed E-state index contributed by atoms with van der Waals surface area (Å²) in [5.41, 5.74) is 7.29. The molecule has 2 rings (SSSR count). The van der Waals surface area contributed by atoms with Crippen molar-refractivity contribution in [2.24, 2.45) is 0 Å². The summed E-state index contributed by atoms with van der Waals surface area (Å²) in [7, 11) is 1.66. The standard InChI is InChI=1S/C13H17N3O2/c1-8(2)16-7-11(17)15(3)10-6-4-5-9(14)12(10)13(16)18/h4-6,8H,7,14H2,1-3H3. The summed E-state index contributed by atoms with van der Waals surface area (Å²) >= 11 is 0. The molecule has 5 nitrogen and oxygen atoms in total. The van der Waals surface area contributed by atoms with Crippen LogP contribution < -0.4 is 10.6 Å². The fourth-order valence-corrected chi connectivity index (χ4v) is 2.09. The van der Waals surface area contributed by atoms with E-state index in [2.05, 4.69) is 0 Å². The third-order valence-electron chi connectivity index (χ3n) is 3.21. The van der Waals surface area contributed by atoms with E-state index in [0.717, 1.165) is 0 Å². The van der Waals surface area contributed by atoms with Crippen molar-refractivity contribution in [3.63, 3.8) is 0 Å². The molecule has 0 radical (unpaired) electrons. The maximum atomic E-state index is 12.5. The first kappa shape index (κ1) is 12.4. The van der Waals surface area contributed by atoms with Crippen molar-refractivity contribution < 1.29 is 9.59 Å². The van der Waals surface area contributed by atoms with E-state index >= 15 is 0 Å². The minimum atomic E-state index is -0.184. The van der Waals surface area contributed by atoms with Crippen LogP contribution in [0.5, 0.6) is 0 Å². The highest BCUT2D eigenvalue weighted by Gasteiger charge is 2.32. The number of benzene rings is 1. The molecule has 0 fully saturated rings. The van der Waals surface area contributed by atoms with Gasteiger partial charge in [0.2, 0.25) is 5.91 Å². The number of fused-ring (bicyclic) bond motifs is 1. The van der Waals surface area contributed by atoms with Crippen molar-refractivity contribution in [2.45, 2.75) is 19.9 Å². The minimum absolute atomic E-state index is 0.0413. The van der Waals surface area contributed by atoms with E-state index in [1.54, 1.807) is 30.1 Å². The molecule has 0 bridgehead atoms. The fraction of sp³-hybridized carbons (Fsp3) is 0.385. The molecule has 0 saturated heterocycles. The second-order valence-electron chi connectivity index (χ2n) is 4.72. The first-order chi connectivity index (χ1) is 8.43. The molecule has 2 amide bonds. The van der Waals surface area contributed by atoms with E-state index in [-0.39, 0.29) is 24.4 Å². The number of likely N-dealkylation sites (N-methyl/N-ethyl adjacent to an activating group) is 1. The normalized spacial score (nSPS) is 16.0. The first-order valence-electron chi connectivity index (χ1n) is 5.89. The molecule has 96 valence electrons. The van der Waals surface area contributed by atoms with E-state index in [1.807, 2.05) is 13.8 Å². The number of rotatable bonds is 1. The molecule has 0 aliphatic carbocycles. The Labute approximate surface area is 106 Å². The van der Waals surface area contributed by atoms with E-state index in [9.17, 15) is 9.59 Å². The van der Waals surface area contributed by atoms with Crippen LogP contribution in [-0.4, -0.2) is 36.3 Å². The van der Waals surface area contributed by atoms with E-state index in [1.165, 1.54) is 4.90 Å². The Kier molecular flexibility index (Phi) is 2.98. The van der Waals surface area contributed by atoms with E-state index < -0.39 is 0 Å². The highest BCUT2D eigenvalue weighted by Crippen LogP contribution is 2.29. The Morgan fingerprint density at radius 2 is 1.94 bits per heavy atom. The van der Waals surface area contributed by atoms with Crippen molar-refractivity contribution in [3.8, 4) is 0 Å². The molecule has 2 N–H and O–H groups in total. The number of carbonyl (C=O) groups is 2. The van der Waals surface area contributed by atoms with Gasteiger partial charge in [-0.05, 0) is 26.0 Å². The zero-order valence-electron chi connectivity index (χ0n) is 10.8. The van der Waals surface area contributed by atoms with Crippen molar-refractivity contribution in [1.82, 2.24) is 4.90 Å². The van der Waals surface area contributed by atoms with Crippen LogP contribution in [0.25, 0.3) is 0 Å². The summed E-state index contributed by atoms with van der Waals surface area (Å²) in [6.07, 6.45) is 0. The largest absolute Gasteiger partial charge is 0.398 e. The van der Waals surface area contributed by atoms with Crippen LogP contribution in [-0.2, 0) is 4.79 Å². The third kappa shape index (κ3) is 1.81. The third-order valence-corrected chi connectivity index (χ3v) is 3.21. The molecule has 1 aliphatic heterocycles. The van der Waals surface area contributed by atoms with Crippen LogP contribution in [0.3, 0.4) is 0 Å². The molecular formula is C13H17N3O2. The Morgan fingerprint density at radius 1 is 1.28 bits per heavy atom. The van der Waals surface area contributed by atoms with Crippen molar-refractivity contribution in [3.05, 3.63) is 23.8 Å². The number of hydrogen-bond acceptors (Lipinski definition) is 3. The van der Waals surface area contributed by atoms with Gasteiger partial charge in [-0.2, -0.15) is 0 Å². The van der Waals surface area contributed by atoms with Crippen LogP contribution in [0.15, 0.2) is 18.2 Å². The molecule has 0 spiro atoms. The monoisotopic (exact) mass is 247 g/mol.